The predicted molar refractivity (Wildman–Crippen MR) is 97.2 cm³/mol. The van der Waals surface area contributed by atoms with Gasteiger partial charge >= 0.3 is 108 Å². The van der Waals surface area contributed by atoms with Crippen molar-refractivity contribution in [2.24, 2.45) is 0 Å². The van der Waals surface area contributed by atoms with E-state index in [1.165, 1.54) is 0 Å². The second-order valence-electron chi connectivity index (χ2n) is 10.5. The molecule has 0 amide bonds. The molecular formula is C18F40N2. The minimum atomic E-state index is -10.8. The lowest BCUT2D eigenvalue weighted by Crippen LogP contribution is -2.83. The van der Waals surface area contributed by atoms with Crippen molar-refractivity contribution >= 4 is 0 Å². The van der Waals surface area contributed by atoms with E-state index in [4.69, 9.17) is 0 Å². The normalized spacial score (nSPS) is 17.3. The summed E-state index contributed by atoms with van der Waals surface area (Å²) in [6, 6.07) is -61.8. The van der Waals surface area contributed by atoms with E-state index in [0.29, 0.717) is 0 Å². The van der Waals surface area contributed by atoms with E-state index in [1.54, 1.807) is 0 Å². The summed E-state index contributed by atoms with van der Waals surface area (Å²) in [4.78, 5) is -13.1. The molecule has 60 heavy (non-hydrogen) atoms. The molecule has 362 valence electrons. The minimum Gasteiger partial charge on any atom is -0.192 e. The van der Waals surface area contributed by atoms with Gasteiger partial charge in [0.2, 0.25) is 0 Å². The fraction of sp³-hybridized carbons (Fsp3) is 1.00. The molecule has 0 aliphatic carbocycles. The summed E-state index contributed by atoms with van der Waals surface area (Å²) < 4.78 is 539. The summed E-state index contributed by atoms with van der Waals surface area (Å²) in [5, 5.41) is 0. The third-order valence-electron chi connectivity index (χ3n) is 6.56. The molecule has 0 saturated heterocycles. The van der Waals surface area contributed by atoms with E-state index in [0.717, 1.165) is 0 Å². The van der Waals surface area contributed by atoms with E-state index in [-0.39, 0.29) is 0 Å². The van der Waals surface area contributed by atoms with E-state index >= 15 is 0 Å². The number of rotatable bonds is 15. The zero-order valence-electron chi connectivity index (χ0n) is 25.0. The van der Waals surface area contributed by atoms with Crippen molar-refractivity contribution in [3.8, 4) is 0 Å². The van der Waals surface area contributed by atoms with Crippen LogP contribution in [0.5, 0.6) is 0 Å². The van der Waals surface area contributed by atoms with E-state index in [2.05, 4.69) is 0 Å². The van der Waals surface area contributed by atoms with Crippen LogP contribution in [0.3, 0.4) is 0 Å². The molecule has 0 aliphatic rings. The Morgan fingerprint density at radius 2 is 0.233 bits per heavy atom. The van der Waals surface area contributed by atoms with Crippen LogP contribution in [-0.2, 0) is 0 Å². The van der Waals surface area contributed by atoms with Crippen LogP contribution in [0.2, 0.25) is 0 Å². The van der Waals surface area contributed by atoms with Crippen LogP contribution in [0.4, 0.5) is 176 Å². The van der Waals surface area contributed by atoms with Gasteiger partial charge in [0.15, 0.2) is 0 Å². The molecule has 0 rings (SSSR count). The number of hydrogen-bond acceptors (Lipinski definition) is 2. The maximum Gasteiger partial charge on any atom is 0.461 e. The van der Waals surface area contributed by atoms with Gasteiger partial charge in [0.25, 0.3) is 0 Å². The first-order valence-electron chi connectivity index (χ1n) is 12.2. The molecule has 0 aliphatic heterocycles. The molecule has 0 radical (unpaired) electrons. The number of alkyl halides is 40. The molecule has 0 aromatic rings. The fourth-order valence-electron chi connectivity index (χ4n) is 3.35. The number of halogens is 40. The Labute approximate surface area is 295 Å². The first-order valence-corrected chi connectivity index (χ1v) is 12.2. The van der Waals surface area contributed by atoms with Crippen molar-refractivity contribution in [2.75, 3.05) is 0 Å². The van der Waals surface area contributed by atoms with Gasteiger partial charge in [0.1, 0.15) is 0 Å². The topological polar surface area (TPSA) is 6.48 Å². The van der Waals surface area contributed by atoms with Crippen LogP contribution in [0.25, 0.3) is 0 Å². The Morgan fingerprint density at radius 3 is 0.333 bits per heavy atom. The highest BCUT2D eigenvalue weighted by atomic mass is 19.5. The zero-order valence-corrected chi connectivity index (χ0v) is 25.0. The highest BCUT2D eigenvalue weighted by Gasteiger charge is 2.99. The average Bonchev–Trinajstić information content (AvgIpc) is 2.92. The highest BCUT2D eigenvalue weighted by molar-refractivity contribution is 5.16. The Hall–Kier alpha value is -2.88. The van der Waals surface area contributed by atoms with Gasteiger partial charge in [-0.25, -0.2) is 0 Å². The molecule has 0 aromatic carbocycles. The number of hydrogen-bond donors (Lipinski definition) is 0. The van der Waals surface area contributed by atoms with Gasteiger partial charge in [-0.05, 0) is 0 Å². The molecule has 0 fully saturated rings. The summed E-state index contributed by atoms with van der Waals surface area (Å²) in [5.41, 5.74) is 0. The summed E-state index contributed by atoms with van der Waals surface area (Å²) in [5.74, 6) is -81.5. The van der Waals surface area contributed by atoms with Crippen molar-refractivity contribution < 1.29 is 176 Å². The van der Waals surface area contributed by atoms with Crippen molar-refractivity contribution in [1.82, 2.24) is 9.80 Å². The van der Waals surface area contributed by atoms with Gasteiger partial charge in [-0.15, -0.1) is 9.80 Å². The maximum atomic E-state index is 14.4. The van der Waals surface area contributed by atoms with Gasteiger partial charge in [0, 0.05) is 0 Å². The van der Waals surface area contributed by atoms with Gasteiger partial charge in [0.05, 0.1) is 0 Å². The molecule has 0 bridgehead atoms. The van der Waals surface area contributed by atoms with Crippen LogP contribution in [0.1, 0.15) is 0 Å². The zero-order chi connectivity index (χ0) is 50.2. The lowest BCUT2D eigenvalue weighted by Gasteiger charge is -2.50. The third-order valence-corrected chi connectivity index (χ3v) is 6.56. The molecule has 0 saturated carbocycles. The first-order chi connectivity index (χ1) is 25.0. The average molecular weight is 1000 g/mol. The summed E-state index contributed by atoms with van der Waals surface area (Å²) in [7, 11) is 0. The number of nitrogens with zero attached hydrogens (tertiary/aromatic N) is 2. The van der Waals surface area contributed by atoms with Crippen LogP contribution >= 0.6 is 0 Å². The largest absolute Gasteiger partial charge is 0.461 e. The lowest BCUT2D eigenvalue weighted by molar-refractivity contribution is -0.538. The molecule has 0 unspecified atom stereocenters. The maximum absolute atomic E-state index is 14.4. The van der Waals surface area contributed by atoms with E-state index in [1.807, 2.05) is 0 Å². The van der Waals surface area contributed by atoms with Crippen LogP contribution < -0.4 is 0 Å². The summed E-state index contributed by atoms with van der Waals surface area (Å²) in [6.07, 6.45) is -35.7. The Morgan fingerprint density at radius 1 is 0.133 bits per heavy atom. The Kier molecular flexibility index (Phi) is 13.1. The van der Waals surface area contributed by atoms with Gasteiger partial charge in [-0.1, -0.05) is 0 Å². The lowest BCUT2D eigenvalue weighted by atomic mass is 9.93. The van der Waals surface area contributed by atoms with Crippen LogP contribution in [-0.4, -0.2) is 118 Å². The molecule has 0 aromatic heterocycles. The predicted octanol–water partition coefficient (Wildman–Crippen LogP) is 12.5. The molecule has 0 N–H and O–H groups in total. The Bertz CT molecular complexity index is 1340. The standard InChI is InChI=1S/C18F40N2/c19-1(20,3(23,24)13(47,48)59(15(51,52)5(27,28)9(35,36)37)16(53,54)6(29,30)10(38,39)40)2(21,22)4(25,26)14(49,50)60(17(55,56)7(31,32)11(41,42)43)18(57,58)8(33,34)12(44,45)46. The van der Waals surface area contributed by atoms with Crippen molar-refractivity contribution in [2.45, 2.75) is 108 Å². The first kappa shape index (κ1) is 57.1. The third kappa shape index (κ3) is 7.16. The van der Waals surface area contributed by atoms with Crippen LogP contribution in [0, 0.1) is 0 Å². The van der Waals surface area contributed by atoms with Crippen molar-refractivity contribution in [1.29, 1.82) is 0 Å². The highest BCUT2D eigenvalue weighted by Crippen LogP contribution is 2.68. The molecule has 2 nitrogen and oxygen atoms in total. The smallest absolute Gasteiger partial charge is 0.192 e. The van der Waals surface area contributed by atoms with E-state index in [9.17, 15) is 176 Å². The fourth-order valence-corrected chi connectivity index (χ4v) is 3.35. The molecule has 0 heterocycles. The summed E-state index contributed by atoms with van der Waals surface area (Å²) >= 11 is 0. The monoisotopic (exact) mass is 1000 g/mol. The quantitative estimate of drug-likeness (QED) is 0.119. The van der Waals surface area contributed by atoms with E-state index < -0.39 is 118 Å². The molecule has 0 atom stereocenters. The molecule has 0 spiro atoms. The van der Waals surface area contributed by atoms with Crippen molar-refractivity contribution in [3.05, 3.63) is 0 Å². The SMILES string of the molecule is FC(F)(F)C(F)(F)C(F)(F)N(C(F)(F)C(F)(F)C(F)(F)F)C(F)(F)C(F)(F)C(F)(F)C(F)(F)C(F)(F)C(F)(F)N(C(F)(F)C(F)(F)C(F)(F)F)C(F)(F)C(F)(F)C(F)(F)F. The second kappa shape index (κ2) is 13.8. The second-order valence-corrected chi connectivity index (χ2v) is 10.5. The van der Waals surface area contributed by atoms with Crippen molar-refractivity contribution in [3.63, 3.8) is 0 Å². The van der Waals surface area contributed by atoms with Gasteiger partial charge < -0.3 is 0 Å². The van der Waals surface area contributed by atoms with Gasteiger partial charge in [-0.2, -0.15) is 176 Å². The Balaban J connectivity index is 8.89. The molecule has 42 heteroatoms. The van der Waals surface area contributed by atoms with Gasteiger partial charge in [-0.3, -0.25) is 0 Å². The molecular weight excluding hydrogens is 1000 g/mol. The minimum absolute atomic E-state index is 6.56. The van der Waals surface area contributed by atoms with Crippen LogP contribution in [0.15, 0.2) is 0 Å². The summed E-state index contributed by atoms with van der Waals surface area (Å²) in [6.45, 7) is 0.